The molecule has 0 aliphatic heterocycles. The molecule has 6 nitrogen and oxygen atoms in total. The molecule has 340 valence electrons. The Kier molecular flexibility index (Phi) is 44.2. The second kappa shape index (κ2) is 46.4. The minimum atomic E-state index is -0.796. The van der Waals surface area contributed by atoms with Crippen molar-refractivity contribution in [1.29, 1.82) is 0 Å². The largest absolute Gasteiger partial charge is 0.462 e. The lowest BCUT2D eigenvalue weighted by atomic mass is 10.0. The molecule has 0 fully saturated rings. The number of hydrogen-bond donors (Lipinski definition) is 3. The molecule has 0 saturated carbocycles. The number of aliphatic hydroxyl groups excluding tert-OH is 2. The minimum Gasteiger partial charge on any atom is -0.462 e. The Morgan fingerprint density at radius 3 is 1.37 bits per heavy atom. The summed E-state index contributed by atoms with van der Waals surface area (Å²) in [7, 11) is 0. The van der Waals surface area contributed by atoms with E-state index in [4.69, 9.17) is 4.74 Å². The molecule has 3 atom stereocenters. The first-order valence-corrected chi connectivity index (χ1v) is 24.7. The van der Waals surface area contributed by atoms with E-state index < -0.39 is 18.2 Å². The Labute approximate surface area is 364 Å². The van der Waals surface area contributed by atoms with Crippen molar-refractivity contribution in [1.82, 2.24) is 5.32 Å². The van der Waals surface area contributed by atoms with Crippen molar-refractivity contribution in [3.63, 3.8) is 0 Å². The van der Waals surface area contributed by atoms with Crippen LogP contribution in [0.25, 0.3) is 0 Å². The number of unbranched alkanes of at least 4 members (excludes halogenated alkanes) is 24. The monoisotopic (exact) mass is 824 g/mol. The highest BCUT2D eigenvalue weighted by Crippen LogP contribution is 2.17. The zero-order chi connectivity index (χ0) is 43.1. The van der Waals surface area contributed by atoms with Crippen LogP contribution in [0.2, 0.25) is 0 Å². The third-order valence-corrected chi connectivity index (χ3v) is 11.0. The molecule has 0 aliphatic carbocycles. The van der Waals surface area contributed by atoms with Gasteiger partial charge in [0.05, 0.1) is 25.2 Å². The number of carbonyl (C=O) groups excluding carboxylic acids is 2. The first-order chi connectivity index (χ1) is 29.0. The van der Waals surface area contributed by atoms with Gasteiger partial charge >= 0.3 is 5.97 Å². The maximum atomic E-state index is 13.1. The molecule has 0 spiro atoms. The average Bonchev–Trinajstić information content (AvgIpc) is 3.23. The molecule has 0 rings (SSSR count). The van der Waals surface area contributed by atoms with E-state index in [1.807, 2.05) is 54.7 Å². The number of allylic oxidation sites excluding steroid dienone is 12. The predicted molar refractivity (Wildman–Crippen MR) is 255 cm³/mol. The van der Waals surface area contributed by atoms with Gasteiger partial charge in [0.1, 0.15) is 6.10 Å². The summed E-state index contributed by atoms with van der Waals surface area (Å²) in [4.78, 5) is 26.0. The predicted octanol–water partition coefficient (Wildman–Crippen LogP) is 14.6. The van der Waals surface area contributed by atoms with Crippen LogP contribution in [-0.4, -0.2) is 46.9 Å². The summed E-state index contributed by atoms with van der Waals surface area (Å²) in [5, 5.41) is 23.7. The lowest BCUT2D eigenvalue weighted by Crippen LogP contribution is -2.46. The zero-order valence-electron chi connectivity index (χ0n) is 38.6. The highest BCUT2D eigenvalue weighted by molar-refractivity contribution is 5.77. The zero-order valence-corrected chi connectivity index (χ0v) is 38.6. The molecule has 0 aromatic carbocycles. The Bertz CT molecular complexity index is 1110. The molecule has 0 aromatic rings. The van der Waals surface area contributed by atoms with E-state index in [0.717, 1.165) is 70.6 Å². The molecule has 0 bridgehead atoms. The Hall–Kier alpha value is -2.70. The smallest absolute Gasteiger partial charge is 0.306 e. The van der Waals surface area contributed by atoms with Crippen LogP contribution in [0, 0.1) is 0 Å². The van der Waals surface area contributed by atoms with Crippen LogP contribution in [-0.2, 0) is 14.3 Å². The number of esters is 1. The van der Waals surface area contributed by atoms with Gasteiger partial charge in [-0.25, -0.2) is 0 Å². The summed E-state index contributed by atoms with van der Waals surface area (Å²) < 4.78 is 5.87. The van der Waals surface area contributed by atoms with Crippen molar-refractivity contribution >= 4 is 11.9 Å². The van der Waals surface area contributed by atoms with Crippen molar-refractivity contribution in [2.24, 2.45) is 0 Å². The van der Waals surface area contributed by atoms with Crippen LogP contribution in [0.4, 0.5) is 0 Å². The van der Waals surface area contributed by atoms with Crippen molar-refractivity contribution in [2.75, 3.05) is 6.61 Å². The molecule has 3 unspecified atom stereocenters. The van der Waals surface area contributed by atoms with Crippen LogP contribution >= 0.6 is 0 Å². The number of rotatable bonds is 43. The van der Waals surface area contributed by atoms with Crippen molar-refractivity contribution in [3.05, 3.63) is 72.9 Å². The van der Waals surface area contributed by atoms with Crippen molar-refractivity contribution < 1.29 is 24.5 Å². The summed E-state index contributed by atoms with van der Waals surface area (Å²) in [6.07, 6.45) is 58.3. The third kappa shape index (κ3) is 41.8. The maximum absolute atomic E-state index is 13.1. The molecule has 1 amide bonds. The minimum absolute atomic E-state index is 0.0569. The van der Waals surface area contributed by atoms with Gasteiger partial charge in [-0.05, 0) is 44.9 Å². The van der Waals surface area contributed by atoms with E-state index in [0.29, 0.717) is 19.3 Å². The van der Waals surface area contributed by atoms with Gasteiger partial charge in [0, 0.05) is 6.42 Å². The first kappa shape index (κ1) is 56.3. The van der Waals surface area contributed by atoms with E-state index in [1.165, 1.54) is 109 Å². The highest BCUT2D eigenvalue weighted by atomic mass is 16.5. The Morgan fingerprint density at radius 2 is 0.915 bits per heavy atom. The molecular weight excluding hydrogens is 731 g/mol. The summed E-state index contributed by atoms with van der Waals surface area (Å²) in [5.74, 6) is -0.531. The van der Waals surface area contributed by atoms with Gasteiger partial charge in [-0.3, -0.25) is 9.59 Å². The van der Waals surface area contributed by atoms with Gasteiger partial charge in [0.25, 0.3) is 0 Å². The summed E-state index contributed by atoms with van der Waals surface area (Å²) in [5.41, 5.74) is 0. The molecule has 59 heavy (non-hydrogen) atoms. The van der Waals surface area contributed by atoms with E-state index in [9.17, 15) is 19.8 Å². The van der Waals surface area contributed by atoms with Gasteiger partial charge in [0.15, 0.2) is 0 Å². The fourth-order valence-electron chi connectivity index (χ4n) is 7.23. The number of nitrogens with one attached hydrogen (secondary N) is 1. The molecule has 0 aromatic heterocycles. The molecule has 6 heteroatoms. The topological polar surface area (TPSA) is 95.9 Å². The normalized spacial score (nSPS) is 13.9. The van der Waals surface area contributed by atoms with Crippen molar-refractivity contribution in [2.45, 2.75) is 244 Å². The van der Waals surface area contributed by atoms with Crippen LogP contribution < -0.4 is 5.32 Å². The van der Waals surface area contributed by atoms with Crippen molar-refractivity contribution in [3.8, 4) is 0 Å². The summed E-state index contributed by atoms with van der Waals surface area (Å²) in [6.45, 7) is 6.29. The fourth-order valence-corrected chi connectivity index (χ4v) is 7.23. The lowest BCUT2D eigenvalue weighted by molar-refractivity contribution is -0.151. The van der Waals surface area contributed by atoms with Gasteiger partial charge in [-0.1, -0.05) is 241 Å². The lowest BCUT2D eigenvalue weighted by Gasteiger charge is -2.24. The second-order valence-corrected chi connectivity index (χ2v) is 16.6. The third-order valence-electron chi connectivity index (χ3n) is 11.0. The quantitative estimate of drug-likeness (QED) is 0.0323. The molecule has 0 heterocycles. The number of hydrogen-bond acceptors (Lipinski definition) is 5. The van der Waals surface area contributed by atoms with Crippen LogP contribution in [0.1, 0.15) is 226 Å². The van der Waals surface area contributed by atoms with E-state index in [1.54, 1.807) is 0 Å². The van der Waals surface area contributed by atoms with Crippen LogP contribution in [0.5, 0.6) is 0 Å². The standard InChI is InChI=1S/C53H93NO5/c1-4-7-10-13-16-18-20-22-24-26-28-30-32-34-37-40-43-46-53(58)59-49(44-41-38-35-15-12-9-6-3)47-52(57)54-50(48-55)51(56)45-42-39-36-33-31-29-27-25-23-21-19-17-14-11-8-5-2/h7,10,13,16,18,20,22,24,26,28,30,32,49-51,55-56H,4-6,8-9,11-12,14-15,17,19,21,23,25,27,29,31,33-48H2,1-3H3,(H,54,57)/b10-7-,16-13+,20-18+,24-22-,28-26+,32-30+. The average molecular weight is 824 g/mol. The van der Waals surface area contributed by atoms with Gasteiger partial charge in [-0.2, -0.15) is 0 Å². The molecule has 0 aliphatic rings. The van der Waals surface area contributed by atoms with E-state index in [-0.39, 0.29) is 24.9 Å². The SMILES string of the molecule is CC\C=C/C=C/C=C/C=C\C=C\C=C\CCCCCC(=O)OC(CCCCCCCCC)CC(=O)NC(CO)C(O)CCCCCCCCCCCCCCCCCC. The Balaban J connectivity index is 4.46. The van der Waals surface area contributed by atoms with Gasteiger partial charge < -0.3 is 20.3 Å². The van der Waals surface area contributed by atoms with Gasteiger partial charge in [-0.15, -0.1) is 0 Å². The molecule has 0 saturated heterocycles. The molecule has 3 N–H and O–H groups in total. The second-order valence-electron chi connectivity index (χ2n) is 16.6. The first-order valence-electron chi connectivity index (χ1n) is 24.7. The number of ether oxygens (including phenoxy) is 1. The number of carbonyl (C=O) groups is 2. The summed E-state index contributed by atoms with van der Waals surface area (Å²) in [6, 6.07) is -0.711. The Morgan fingerprint density at radius 1 is 0.508 bits per heavy atom. The maximum Gasteiger partial charge on any atom is 0.306 e. The van der Waals surface area contributed by atoms with E-state index >= 15 is 0 Å². The van der Waals surface area contributed by atoms with E-state index in [2.05, 4.69) is 44.3 Å². The number of amides is 1. The van der Waals surface area contributed by atoms with Crippen LogP contribution in [0.15, 0.2) is 72.9 Å². The van der Waals surface area contributed by atoms with Crippen LogP contribution in [0.3, 0.4) is 0 Å². The highest BCUT2D eigenvalue weighted by Gasteiger charge is 2.24. The summed E-state index contributed by atoms with van der Waals surface area (Å²) >= 11 is 0. The molecular formula is C53H93NO5. The molecule has 0 radical (unpaired) electrons. The fraction of sp³-hybridized carbons (Fsp3) is 0.736. The number of aliphatic hydroxyl groups is 2. The van der Waals surface area contributed by atoms with Gasteiger partial charge in [0.2, 0.25) is 5.91 Å².